The maximum atomic E-state index is 12.0. The second kappa shape index (κ2) is 4.07. The van der Waals surface area contributed by atoms with Crippen molar-refractivity contribution in [2.24, 2.45) is 23.2 Å². The summed E-state index contributed by atoms with van der Waals surface area (Å²) in [6, 6.07) is 0. The summed E-state index contributed by atoms with van der Waals surface area (Å²) in [6.45, 7) is 5.89. The molecule has 5 nitrogen and oxygen atoms in total. The zero-order chi connectivity index (χ0) is 13.7. The first-order valence-electron chi connectivity index (χ1n) is 6.36. The van der Waals surface area contributed by atoms with Gasteiger partial charge in [-0.3, -0.25) is 19.3 Å². The molecule has 1 saturated heterocycles. The zero-order valence-electron chi connectivity index (χ0n) is 11.0. The van der Waals surface area contributed by atoms with Gasteiger partial charge in [-0.15, -0.1) is 0 Å². The molecule has 18 heavy (non-hydrogen) atoms. The lowest BCUT2D eigenvalue weighted by Gasteiger charge is -2.20. The zero-order valence-corrected chi connectivity index (χ0v) is 11.0. The monoisotopic (exact) mass is 253 g/mol. The number of hydrogen-bond donors (Lipinski definition) is 1. The van der Waals surface area contributed by atoms with Gasteiger partial charge in [0.1, 0.15) is 0 Å². The van der Waals surface area contributed by atoms with E-state index in [0.29, 0.717) is 19.4 Å². The van der Waals surface area contributed by atoms with Crippen LogP contribution in [0.25, 0.3) is 0 Å². The van der Waals surface area contributed by atoms with Crippen molar-refractivity contribution < 1.29 is 19.5 Å². The number of hydrogen-bond acceptors (Lipinski definition) is 3. The number of piperidine rings is 1. The van der Waals surface area contributed by atoms with Crippen molar-refractivity contribution >= 4 is 17.8 Å². The van der Waals surface area contributed by atoms with Crippen LogP contribution < -0.4 is 0 Å². The molecule has 1 aliphatic heterocycles. The average Bonchev–Trinajstić information content (AvgIpc) is 2.74. The van der Waals surface area contributed by atoms with Crippen molar-refractivity contribution in [3.63, 3.8) is 0 Å². The van der Waals surface area contributed by atoms with Crippen LogP contribution in [0.5, 0.6) is 0 Å². The molecule has 2 amide bonds. The fourth-order valence-corrected chi connectivity index (χ4v) is 2.90. The van der Waals surface area contributed by atoms with Crippen molar-refractivity contribution in [3.8, 4) is 0 Å². The molecule has 0 bridgehead atoms. The number of imide groups is 1. The molecule has 1 heterocycles. The SMILES string of the molecule is CC(CCCN1C(=O)C2C(C1=O)C2(C)C)C(=O)O. The summed E-state index contributed by atoms with van der Waals surface area (Å²) in [5, 5.41) is 8.75. The Kier molecular flexibility index (Phi) is 2.95. The molecule has 1 N–H and O–H groups in total. The van der Waals surface area contributed by atoms with Gasteiger partial charge in [0, 0.05) is 6.54 Å². The lowest BCUT2D eigenvalue weighted by atomic mass is 10.0. The summed E-state index contributed by atoms with van der Waals surface area (Å²) in [6.07, 6.45) is 1.05. The Bertz CT molecular complexity index is 391. The van der Waals surface area contributed by atoms with Gasteiger partial charge < -0.3 is 5.11 Å². The van der Waals surface area contributed by atoms with E-state index in [9.17, 15) is 14.4 Å². The summed E-state index contributed by atoms with van der Waals surface area (Å²) < 4.78 is 0. The molecule has 0 aromatic carbocycles. The average molecular weight is 253 g/mol. The van der Waals surface area contributed by atoms with Crippen molar-refractivity contribution in [3.05, 3.63) is 0 Å². The molecule has 0 radical (unpaired) electrons. The van der Waals surface area contributed by atoms with E-state index in [2.05, 4.69) is 0 Å². The van der Waals surface area contributed by atoms with Gasteiger partial charge in [0.2, 0.25) is 11.8 Å². The van der Waals surface area contributed by atoms with Gasteiger partial charge in [-0.2, -0.15) is 0 Å². The molecule has 5 heteroatoms. The summed E-state index contributed by atoms with van der Waals surface area (Å²) in [5.41, 5.74) is -0.168. The van der Waals surface area contributed by atoms with Crippen LogP contribution in [0.15, 0.2) is 0 Å². The van der Waals surface area contributed by atoms with E-state index in [1.54, 1.807) is 6.92 Å². The highest BCUT2D eigenvalue weighted by Crippen LogP contribution is 2.63. The van der Waals surface area contributed by atoms with Gasteiger partial charge in [-0.05, 0) is 18.3 Å². The molecule has 2 fully saturated rings. The minimum Gasteiger partial charge on any atom is -0.481 e. The van der Waals surface area contributed by atoms with Gasteiger partial charge in [0.25, 0.3) is 0 Å². The molecule has 2 aliphatic rings. The highest BCUT2D eigenvalue weighted by Gasteiger charge is 2.72. The number of amides is 2. The van der Waals surface area contributed by atoms with E-state index in [1.165, 1.54) is 4.90 Å². The topological polar surface area (TPSA) is 74.7 Å². The Hall–Kier alpha value is -1.39. The van der Waals surface area contributed by atoms with Crippen LogP contribution in [-0.4, -0.2) is 34.3 Å². The van der Waals surface area contributed by atoms with Crippen molar-refractivity contribution in [1.29, 1.82) is 0 Å². The van der Waals surface area contributed by atoms with Crippen LogP contribution in [0.2, 0.25) is 0 Å². The molecule has 1 saturated carbocycles. The molecular weight excluding hydrogens is 234 g/mol. The number of carbonyl (C=O) groups is 3. The molecule has 0 aromatic rings. The molecule has 3 unspecified atom stereocenters. The van der Waals surface area contributed by atoms with Gasteiger partial charge >= 0.3 is 5.97 Å². The summed E-state index contributed by atoms with van der Waals surface area (Å²) >= 11 is 0. The first-order valence-corrected chi connectivity index (χ1v) is 6.36. The number of aliphatic carboxylic acids is 1. The van der Waals surface area contributed by atoms with Crippen molar-refractivity contribution in [1.82, 2.24) is 4.90 Å². The summed E-state index contributed by atoms with van der Waals surface area (Å²) in [5.74, 6) is -1.68. The number of fused-ring (bicyclic) bond motifs is 1. The predicted molar refractivity (Wildman–Crippen MR) is 63.5 cm³/mol. The first kappa shape index (κ1) is 13.1. The minimum atomic E-state index is -0.835. The predicted octanol–water partition coefficient (Wildman–Crippen LogP) is 1.13. The largest absolute Gasteiger partial charge is 0.481 e. The lowest BCUT2D eigenvalue weighted by Crippen LogP contribution is -2.37. The van der Waals surface area contributed by atoms with Crippen LogP contribution in [0.1, 0.15) is 33.6 Å². The fourth-order valence-electron chi connectivity index (χ4n) is 2.90. The molecule has 3 atom stereocenters. The first-order chi connectivity index (χ1) is 8.28. The van der Waals surface area contributed by atoms with Gasteiger partial charge in [0.15, 0.2) is 0 Å². The lowest BCUT2D eigenvalue weighted by molar-refractivity contribution is -0.143. The normalized spacial score (nSPS) is 30.3. The highest BCUT2D eigenvalue weighted by atomic mass is 16.4. The third kappa shape index (κ3) is 1.82. The molecule has 0 aromatic heterocycles. The van der Waals surface area contributed by atoms with E-state index < -0.39 is 11.9 Å². The van der Waals surface area contributed by atoms with E-state index in [1.807, 2.05) is 13.8 Å². The summed E-state index contributed by atoms with van der Waals surface area (Å²) in [7, 11) is 0. The van der Waals surface area contributed by atoms with Gasteiger partial charge in [-0.1, -0.05) is 20.8 Å². The molecular formula is C13H19NO4. The highest BCUT2D eigenvalue weighted by molar-refractivity contribution is 6.10. The van der Waals surface area contributed by atoms with Crippen molar-refractivity contribution in [2.45, 2.75) is 33.6 Å². The fraction of sp³-hybridized carbons (Fsp3) is 0.769. The maximum Gasteiger partial charge on any atom is 0.306 e. The number of carbonyl (C=O) groups excluding carboxylic acids is 2. The Morgan fingerprint density at radius 3 is 2.28 bits per heavy atom. The van der Waals surface area contributed by atoms with Crippen LogP contribution in [0.3, 0.4) is 0 Å². The number of rotatable bonds is 5. The number of likely N-dealkylation sites (tertiary alicyclic amines) is 1. The van der Waals surface area contributed by atoms with Crippen LogP contribution >= 0.6 is 0 Å². The molecule has 0 spiro atoms. The Labute approximate surface area is 106 Å². The maximum absolute atomic E-state index is 12.0. The quantitative estimate of drug-likeness (QED) is 0.745. The third-order valence-electron chi connectivity index (χ3n) is 4.33. The molecule has 100 valence electrons. The Morgan fingerprint density at radius 1 is 1.33 bits per heavy atom. The standard InChI is InChI=1S/C13H19NO4/c1-7(12(17)18)5-4-6-14-10(15)8-9(11(14)16)13(8,2)3/h7-9H,4-6H2,1-3H3,(H,17,18). The van der Waals surface area contributed by atoms with Crippen LogP contribution in [0, 0.1) is 23.2 Å². The Morgan fingerprint density at radius 2 is 1.83 bits per heavy atom. The molecule has 2 rings (SSSR count). The van der Waals surface area contributed by atoms with E-state index >= 15 is 0 Å². The number of carboxylic acids is 1. The smallest absolute Gasteiger partial charge is 0.306 e. The molecule has 1 aliphatic carbocycles. The van der Waals surface area contributed by atoms with Gasteiger partial charge in [0.05, 0.1) is 17.8 Å². The van der Waals surface area contributed by atoms with Crippen LogP contribution in [0.4, 0.5) is 0 Å². The third-order valence-corrected chi connectivity index (χ3v) is 4.33. The van der Waals surface area contributed by atoms with Gasteiger partial charge in [-0.25, -0.2) is 0 Å². The minimum absolute atomic E-state index is 0.0713. The number of nitrogens with zero attached hydrogens (tertiary/aromatic N) is 1. The van der Waals surface area contributed by atoms with Crippen molar-refractivity contribution in [2.75, 3.05) is 6.54 Å². The van der Waals surface area contributed by atoms with E-state index in [4.69, 9.17) is 5.11 Å². The second-order valence-corrected chi connectivity index (χ2v) is 5.99. The second-order valence-electron chi connectivity index (χ2n) is 5.99. The van der Waals surface area contributed by atoms with E-state index in [-0.39, 0.29) is 29.1 Å². The van der Waals surface area contributed by atoms with Crippen LogP contribution in [-0.2, 0) is 14.4 Å². The number of carboxylic acid groups (broad SMARTS) is 1. The Balaban J connectivity index is 1.85. The van der Waals surface area contributed by atoms with E-state index in [0.717, 1.165) is 0 Å². The summed E-state index contributed by atoms with van der Waals surface area (Å²) in [4.78, 5) is 35.9.